The first-order valence-electron chi connectivity index (χ1n) is 9.97. The summed E-state index contributed by atoms with van der Waals surface area (Å²) in [5.74, 6) is -0.0520. The number of nitrogens with zero attached hydrogens (tertiary/aromatic N) is 1. The number of hydrogen-bond donors (Lipinski definition) is 2. The molecule has 4 rings (SSSR count). The van der Waals surface area contributed by atoms with Crippen molar-refractivity contribution in [2.75, 3.05) is 18.5 Å². The van der Waals surface area contributed by atoms with Crippen LogP contribution in [-0.4, -0.2) is 36.1 Å². The Hall–Kier alpha value is -3.45. The maximum absolute atomic E-state index is 12.6. The number of carbonyl (C=O) groups is 2. The smallest absolute Gasteiger partial charge is 0.253 e. The van der Waals surface area contributed by atoms with Crippen LogP contribution in [0.15, 0.2) is 65.3 Å². The molecule has 1 atom stereocenters. The van der Waals surface area contributed by atoms with Gasteiger partial charge in [-0.2, -0.15) is 0 Å². The van der Waals surface area contributed by atoms with Crippen LogP contribution in [-0.2, 0) is 16.0 Å². The summed E-state index contributed by atoms with van der Waals surface area (Å²) in [6, 6.07) is 16.4. The highest BCUT2D eigenvalue weighted by atomic mass is 16.5. The highest BCUT2D eigenvalue weighted by molar-refractivity contribution is 6.04. The van der Waals surface area contributed by atoms with Crippen LogP contribution in [0.4, 0.5) is 5.69 Å². The van der Waals surface area contributed by atoms with Gasteiger partial charge in [-0.25, -0.2) is 4.98 Å². The molecule has 0 unspecified atom stereocenters. The van der Waals surface area contributed by atoms with E-state index in [9.17, 15) is 9.59 Å². The Kier molecular flexibility index (Phi) is 6.20. The molecule has 2 amide bonds. The number of carbonyl (C=O) groups excluding carboxylic acids is 2. The van der Waals surface area contributed by atoms with Gasteiger partial charge in [0.25, 0.3) is 5.91 Å². The number of hydrogen-bond acceptors (Lipinski definition) is 5. The first-order valence-corrected chi connectivity index (χ1v) is 9.97. The van der Waals surface area contributed by atoms with Crippen LogP contribution in [0.3, 0.4) is 0 Å². The van der Waals surface area contributed by atoms with Crippen LogP contribution in [0.5, 0.6) is 0 Å². The molecule has 0 aliphatic carbocycles. The van der Waals surface area contributed by atoms with Gasteiger partial charge < -0.3 is 19.8 Å². The van der Waals surface area contributed by atoms with E-state index in [2.05, 4.69) is 15.6 Å². The zero-order valence-electron chi connectivity index (χ0n) is 16.5. The fourth-order valence-electron chi connectivity index (χ4n) is 3.36. The fourth-order valence-corrected chi connectivity index (χ4v) is 3.36. The number of oxazole rings is 1. The third-order valence-corrected chi connectivity index (χ3v) is 4.87. The Morgan fingerprint density at radius 2 is 1.87 bits per heavy atom. The molecular weight excluding hydrogens is 382 g/mol. The quantitative estimate of drug-likeness (QED) is 0.628. The zero-order chi connectivity index (χ0) is 20.8. The van der Waals surface area contributed by atoms with Crippen LogP contribution >= 0.6 is 0 Å². The van der Waals surface area contributed by atoms with Gasteiger partial charge >= 0.3 is 0 Å². The molecule has 7 nitrogen and oxygen atoms in total. The van der Waals surface area contributed by atoms with E-state index >= 15 is 0 Å². The number of aromatic nitrogens is 1. The van der Waals surface area contributed by atoms with Crippen molar-refractivity contribution in [3.8, 4) is 11.5 Å². The minimum absolute atomic E-state index is 0.0439. The normalized spacial score (nSPS) is 15.7. The first-order chi connectivity index (χ1) is 14.7. The Labute approximate surface area is 174 Å². The van der Waals surface area contributed by atoms with E-state index in [4.69, 9.17) is 9.15 Å². The molecule has 30 heavy (non-hydrogen) atoms. The summed E-state index contributed by atoms with van der Waals surface area (Å²) in [6.45, 7) is 1.20. The molecule has 0 bridgehead atoms. The van der Waals surface area contributed by atoms with Gasteiger partial charge in [-0.3, -0.25) is 9.59 Å². The van der Waals surface area contributed by atoms with E-state index in [1.165, 1.54) is 6.26 Å². The Morgan fingerprint density at radius 1 is 1.07 bits per heavy atom. The zero-order valence-corrected chi connectivity index (χ0v) is 16.5. The van der Waals surface area contributed by atoms with Gasteiger partial charge in [0.15, 0.2) is 0 Å². The summed E-state index contributed by atoms with van der Waals surface area (Å²) in [5, 5.41) is 5.69. The van der Waals surface area contributed by atoms with Crippen molar-refractivity contribution >= 4 is 17.5 Å². The minimum atomic E-state index is -0.276. The molecule has 1 aliphatic heterocycles. The molecular formula is C23H23N3O4. The number of anilines is 1. The van der Waals surface area contributed by atoms with Gasteiger partial charge in [-0.05, 0) is 37.1 Å². The van der Waals surface area contributed by atoms with Crippen molar-refractivity contribution in [2.24, 2.45) is 0 Å². The van der Waals surface area contributed by atoms with Gasteiger partial charge in [0.05, 0.1) is 29.5 Å². The molecule has 1 aliphatic rings. The summed E-state index contributed by atoms with van der Waals surface area (Å²) in [5.41, 5.74) is 2.23. The van der Waals surface area contributed by atoms with Crippen molar-refractivity contribution in [2.45, 2.75) is 25.4 Å². The molecule has 2 heterocycles. The maximum Gasteiger partial charge on any atom is 0.253 e. The van der Waals surface area contributed by atoms with E-state index in [1.807, 2.05) is 30.3 Å². The third-order valence-electron chi connectivity index (χ3n) is 4.87. The van der Waals surface area contributed by atoms with Gasteiger partial charge in [0.2, 0.25) is 11.8 Å². The lowest BCUT2D eigenvalue weighted by Crippen LogP contribution is -2.32. The molecule has 1 fully saturated rings. The van der Waals surface area contributed by atoms with Crippen LogP contribution in [0.25, 0.3) is 11.5 Å². The molecule has 7 heteroatoms. The average Bonchev–Trinajstić information content (AvgIpc) is 3.45. The van der Waals surface area contributed by atoms with Crippen molar-refractivity contribution in [1.29, 1.82) is 0 Å². The second-order valence-electron chi connectivity index (χ2n) is 7.13. The monoisotopic (exact) mass is 405 g/mol. The van der Waals surface area contributed by atoms with Gasteiger partial charge in [-0.15, -0.1) is 0 Å². The van der Waals surface area contributed by atoms with Crippen molar-refractivity contribution in [1.82, 2.24) is 10.3 Å². The number of nitrogens with one attached hydrogen (secondary N) is 2. The van der Waals surface area contributed by atoms with E-state index in [0.717, 1.165) is 25.0 Å². The van der Waals surface area contributed by atoms with E-state index in [0.29, 0.717) is 29.4 Å². The highest BCUT2D eigenvalue weighted by Gasteiger charge is 2.19. The van der Waals surface area contributed by atoms with Crippen LogP contribution in [0, 0.1) is 0 Å². The van der Waals surface area contributed by atoms with E-state index < -0.39 is 0 Å². The number of rotatable bonds is 7. The highest BCUT2D eigenvalue weighted by Crippen LogP contribution is 2.19. The molecule has 0 saturated carbocycles. The van der Waals surface area contributed by atoms with Crippen LogP contribution in [0.1, 0.15) is 28.9 Å². The van der Waals surface area contributed by atoms with Crippen molar-refractivity contribution in [3.05, 3.63) is 72.1 Å². The molecule has 1 saturated heterocycles. The third kappa shape index (κ3) is 4.93. The van der Waals surface area contributed by atoms with E-state index in [1.54, 1.807) is 24.3 Å². The SMILES string of the molecule is O=C(Cc1coc(-c2ccccc2)n1)Nc1ccccc1C(=O)NC[C@@H]1CCCO1. The minimum Gasteiger partial charge on any atom is -0.444 e. The number of benzene rings is 2. The second-order valence-corrected chi connectivity index (χ2v) is 7.13. The molecule has 154 valence electrons. The average molecular weight is 405 g/mol. The lowest BCUT2D eigenvalue weighted by Gasteiger charge is -2.13. The second kappa shape index (κ2) is 9.37. The Balaban J connectivity index is 1.37. The molecule has 2 N–H and O–H groups in total. The lowest BCUT2D eigenvalue weighted by molar-refractivity contribution is -0.115. The summed E-state index contributed by atoms with van der Waals surface area (Å²) in [4.78, 5) is 29.5. The van der Waals surface area contributed by atoms with E-state index in [-0.39, 0.29) is 24.3 Å². The number of amides is 2. The molecule has 1 aromatic heterocycles. The molecule has 3 aromatic rings. The van der Waals surface area contributed by atoms with Crippen LogP contribution in [0.2, 0.25) is 0 Å². The topological polar surface area (TPSA) is 93.5 Å². The summed E-state index contributed by atoms with van der Waals surface area (Å²) in [7, 11) is 0. The largest absolute Gasteiger partial charge is 0.444 e. The predicted octanol–water partition coefficient (Wildman–Crippen LogP) is 3.43. The summed E-state index contributed by atoms with van der Waals surface area (Å²) >= 11 is 0. The predicted molar refractivity (Wildman–Crippen MR) is 112 cm³/mol. The maximum atomic E-state index is 12.6. The summed E-state index contributed by atoms with van der Waals surface area (Å²) < 4.78 is 11.0. The van der Waals surface area contributed by atoms with Crippen molar-refractivity contribution in [3.63, 3.8) is 0 Å². The van der Waals surface area contributed by atoms with Gasteiger partial charge in [0, 0.05) is 18.7 Å². The fraction of sp³-hybridized carbons (Fsp3) is 0.261. The number of para-hydroxylation sites is 1. The standard InChI is InChI=1S/C23H23N3O4/c27-21(13-17-15-30-23(25-17)16-7-2-1-3-8-16)26-20-11-5-4-10-19(20)22(28)24-14-18-9-6-12-29-18/h1-5,7-8,10-11,15,18H,6,9,12-14H2,(H,24,28)(H,26,27)/t18-/m0/s1. The summed E-state index contributed by atoms with van der Waals surface area (Å²) in [6.07, 6.45) is 3.54. The van der Waals surface area contributed by atoms with Crippen LogP contribution < -0.4 is 10.6 Å². The number of ether oxygens (including phenoxy) is 1. The lowest BCUT2D eigenvalue weighted by atomic mass is 10.1. The van der Waals surface area contributed by atoms with Gasteiger partial charge in [-0.1, -0.05) is 30.3 Å². The molecule has 0 spiro atoms. The Bertz CT molecular complexity index is 1010. The Morgan fingerprint density at radius 3 is 2.67 bits per heavy atom. The molecule has 0 radical (unpaired) electrons. The van der Waals surface area contributed by atoms with Crippen molar-refractivity contribution < 1.29 is 18.7 Å². The van der Waals surface area contributed by atoms with Gasteiger partial charge in [0.1, 0.15) is 6.26 Å². The first kappa shape index (κ1) is 19.8. The molecule has 2 aromatic carbocycles.